The predicted octanol–water partition coefficient (Wildman–Crippen LogP) is 1.03. The van der Waals surface area contributed by atoms with Crippen LogP contribution in [0.1, 0.15) is 0 Å². The van der Waals surface area contributed by atoms with Crippen LogP contribution in [0.2, 0.25) is 0 Å². The predicted molar refractivity (Wildman–Crippen MR) is 46.2 cm³/mol. The molecule has 0 amide bonds. The van der Waals surface area contributed by atoms with Crippen molar-refractivity contribution >= 4 is 17.0 Å². The summed E-state index contributed by atoms with van der Waals surface area (Å²) < 4.78 is 23.8. The summed E-state index contributed by atoms with van der Waals surface area (Å²) in [4.78, 5) is 14.3. The number of hydrogen-bond acceptors (Lipinski definition) is 4. The lowest BCUT2D eigenvalue weighted by molar-refractivity contribution is 0.163. The first-order valence-corrected chi connectivity index (χ1v) is 3.93. The number of nitrogens with one attached hydrogen (secondary N) is 2. The maximum Gasteiger partial charge on any atom is 0.255 e. The molecule has 0 aliphatic carbocycles. The number of alkyl halides is 2. The third-order valence-corrected chi connectivity index (χ3v) is 1.65. The Kier molecular flexibility index (Phi) is 2.21. The van der Waals surface area contributed by atoms with E-state index in [0.717, 1.165) is 0 Å². The lowest BCUT2D eigenvalue weighted by atomic mass is 10.5. The molecule has 0 atom stereocenters. The van der Waals surface area contributed by atoms with E-state index in [1.165, 1.54) is 12.7 Å². The number of aromatic nitrogens is 4. The third-order valence-electron chi connectivity index (χ3n) is 1.65. The highest BCUT2D eigenvalue weighted by Gasteiger charge is 2.07. The van der Waals surface area contributed by atoms with Crippen molar-refractivity contribution in [2.75, 3.05) is 11.9 Å². The molecule has 0 saturated heterocycles. The molecular formula is C7H7F2N5. The molecule has 2 rings (SSSR count). The number of rotatable bonds is 3. The van der Waals surface area contributed by atoms with Gasteiger partial charge in [0.25, 0.3) is 6.43 Å². The largest absolute Gasteiger partial charge is 0.362 e. The fourth-order valence-corrected chi connectivity index (χ4v) is 1.07. The summed E-state index contributed by atoms with van der Waals surface area (Å²) >= 11 is 0. The van der Waals surface area contributed by atoms with Crippen LogP contribution in [0.5, 0.6) is 0 Å². The zero-order valence-electron chi connectivity index (χ0n) is 7.04. The van der Waals surface area contributed by atoms with Crippen molar-refractivity contribution < 1.29 is 8.78 Å². The van der Waals surface area contributed by atoms with Gasteiger partial charge in [-0.1, -0.05) is 0 Å². The highest BCUT2D eigenvalue weighted by atomic mass is 19.3. The molecule has 0 radical (unpaired) electrons. The van der Waals surface area contributed by atoms with Gasteiger partial charge in [0.2, 0.25) is 0 Å². The number of H-pyrrole nitrogens is 1. The van der Waals surface area contributed by atoms with E-state index in [0.29, 0.717) is 17.0 Å². The van der Waals surface area contributed by atoms with Crippen LogP contribution in [0.25, 0.3) is 11.2 Å². The third kappa shape index (κ3) is 1.61. The summed E-state index contributed by atoms with van der Waals surface area (Å²) in [6.07, 6.45) is 0.298. The molecule has 0 aliphatic rings. The zero-order valence-corrected chi connectivity index (χ0v) is 7.04. The minimum Gasteiger partial charge on any atom is -0.362 e. The van der Waals surface area contributed by atoms with E-state index in [4.69, 9.17) is 0 Å². The number of fused-ring (bicyclic) bond motifs is 1. The summed E-state index contributed by atoms with van der Waals surface area (Å²) in [5, 5.41) is 2.50. The molecule has 2 heterocycles. The Hall–Kier alpha value is -1.79. The van der Waals surface area contributed by atoms with Crippen LogP contribution in [0.15, 0.2) is 12.7 Å². The van der Waals surface area contributed by atoms with Gasteiger partial charge in [-0.3, -0.25) is 0 Å². The minimum absolute atomic E-state index is 0.341. The Morgan fingerprint density at radius 3 is 3.00 bits per heavy atom. The van der Waals surface area contributed by atoms with Crippen molar-refractivity contribution in [3.05, 3.63) is 12.7 Å². The van der Waals surface area contributed by atoms with E-state index in [2.05, 4.69) is 25.3 Å². The zero-order chi connectivity index (χ0) is 9.97. The molecule has 0 bridgehead atoms. The van der Waals surface area contributed by atoms with Crippen LogP contribution in [0.3, 0.4) is 0 Å². The number of imidazole rings is 1. The van der Waals surface area contributed by atoms with Gasteiger partial charge < -0.3 is 10.3 Å². The first-order chi connectivity index (χ1) is 6.77. The Labute approximate surface area is 77.6 Å². The van der Waals surface area contributed by atoms with E-state index < -0.39 is 13.0 Å². The van der Waals surface area contributed by atoms with E-state index in [1.54, 1.807) is 0 Å². The van der Waals surface area contributed by atoms with E-state index in [1.807, 2.05) is 0 Å². The second-order valence-electron chi connectivity index (χ2n) is 2.60. The van der Waals surface area contributed by atoms with Gasteiger partial charge in [-0.05, 0) is 0 Å². The van der Waals surface area contributed by atoms with Crippen molar-refractivity contribution in [3.8, 4) is 0 Å². The molecular weight excluding hydrogens is 192 g/mol. The summed E-state index contributed by atoms with van der Waals surface area (Å²) in [6, 6.07) is 0. The molecule has 0 spiro atoms. The highest BCUT2D eigenvalue weighted by Crippen LogP contribution is 2.14. The Bertz CT molecular complexity index is 427. The average molecular weight is 199 g/mol. The van der Waals surface area contributed by atoms with Gasteiger partial charge in [-0.15, -0.1) is 0 Å². The first kappa shape index (κ1) is 8.79. The average Bonchev–Trinajstić information content (AvgIpc) is 2.62. The van der Waals surface area contributed by atoms with Crippen molar-refractivity contribution in [1.29, 1.82) is 0 Å². The Morgan fingerprint density at radius 2 is 2.21 bits per heavy atom. The van der Waals surface area contributed by atoms with E-state index in [-0.39, 0.29) is 0 Å². The Balaban J connectivity index is 2.27. The van der Waals surface area contributed by atoms with Crippen molar-refractivity contribution in [3.63, 3.8) is 0 Å². The summed E-state index contributed by atoms with van der Waals surface area (Å²) in [5.41, 5.74) is 0.991. The van der Waals surface area contributed by atoms with E-state index in [9.17, 15) is 8.78 Å². The van der Waals surface area contributed by atoms with E-state index >= 15 is 0 Å². The molecule has 2 N–H and O–H groups in total. The number of halogens is 2. The van der Waals surface area contributed by atoms with Gasteiger partial charge in [-0.25, -0.2) is 23.7 Å². The normalized spacial score (nSPS) is 11.1. The second kappa shape index (κ2) is 3.52. The van der Waals surface area contributed by atoms with Gasteiger partial charge in [0.15, 0.2) is 11.5 Å². The fourth-order valence-electron chi connectivity index (χ4n) is 1.07. The second-order valence-corrected chi connectivity index (χ2v) is 2.60. The lowest BCUT2D eigenvalue weighted by Gasteiger charge is -2.03. The van der Waals surface area contributed by atoms with Crippen LogP contribution in [0.4, 0.5) is 14.6 Å². The standard InChI is InChI=1S/C7H7F2N5/c8-4(9)1-10-6-5-7(12-2-11-5)14-3-13-6/h2-4H,1H2,(H2,10,11,12,13,14). The monoisotopic (exact) mass is 199 g/mol. The van der Waals surface area contributed by atoms with Crippen LogP contribution in [-0.4, -0.2) is 32.9 Å². The van der Waals surface area contributed by atoms with Crippen molar-refractivity contribution in [2.45, 2.75) is 6.43 Å². The summed E-state index contributed by atoms with van der Waals surface area (Å²) in [5.74, 6) is 0.341. The topological polar surface area (TPSA) is 66.5 Å². The molecule has 74 valence electrons. The number of nitrogens with zero attached hydrogens (tertiary/aromatic N) is 3. The lowest BCUT2D eigenvalue weighted by Crippen LogP contribution is -2.11. The first-order valence-electron chi connectivity index (χ1n) is 3.93. The summed E-state index contributed by atoms with van der Waals surface area (Å²) in [6.45, 7) is -0.439. The van der Waals surface area contributed by atoms with Crippen LogP contribution < -0.4 is 5.32 Å². The van der Waals surface area contributed by atoms with Gasteiger partial charge in [0.1, 0.15) is 11.8 Å². The molecule has 0 fully saturated rings. The van der Waals surface area contributed by atoms with Crippen molar-refractivity contribution in [1.82, 2.24) is 19.9 Å². The minimum atomic E-state index is -2.41. The molecule has 0 unspecified atom stereocenters. The summed E-state index contributed by atoms with van der Waals surface area (Å²) in [7, 11) is 0. The molecule has 7 heteroatoms. The van der Waals surface area contributed by atoms with Crippen LogP contribution in [-0.2, 0) is 0 Å². The van der Waals surface area contributed by atoms with Gasteiger partial charge in [-0.2, -0.15) is 0 Å². The smallest absolute Gasteiger partial charge is 0.255 e. The highest BCUT2D eigenvalue weighted by molar-refractivity contribution is 5.81. The fraction of sp³-hybridized carbons (Fsp3) is 0.286. The van der Waals surface area contributed by atoms with Gasteiger partial charge in [0.05, 0.1) is 12.9 Å². The molecule has 0 saturated carbocycles. The molecule has 5 nitrogen and oxygen atoms in total. The van der Waals surface area contributed by atoms with Gasteiger partial charge in [0, 0.05) is 0 Å². The SMILES string of the molecule is FC(F)CNc1ncnc2nc[nH]c12. The molecule has 0 aliphatic heterocycles. The van der Waals surface area contributed by atoms with Gasteiger partial charge >= 0.3 is 0 Å². The molecule has 2 aromatic rings. The quantitative estimate of drug-likeness (QED) is 0.774. The molecule has 2 aromatic heterocycles. The molecule has 0 aromatic carbocycles. The maximum absolute atomic E-state index is 11.9. The molecule has 14 heavy (non-hydrogen) atoms. The number of aromatic amines is 1. The maximum atomic E-state index is 11.9. The Morgan fingerprint density at radius 1 is 1.36 bits per heavy atom. The van der Waals surface area contributed by atoms with Crippen molar-refractivity contribution in [2.24, 2.45) is 0 Å². The van der Waals surface area contributed by atoms with Crippen LogP contribution in [0, 0.1) is 0 Å². The number of hydrogen-bond donors (Lipinski definition) is 2. The van der Waals surface area contributed by atoms with Crippen LogP contribution >= 0.6 is 0 Å². The number of anilines is 1.